The fraction of sp³-hybridized carbons (Fsp3) is 0.308. The number of halogens is 3. The van der Waals surface area contributed by atoms with Crippen LogP contribution in [0.5, 0.6) is 0 Å². The van der Waals surface area contributed by atoms with Gasteiger partial charge in [-0.15, -0.1) is 0 Å². The third-order valence-electron chi connectivity index (χ3n) is 5.96. The van der Waals surface area contributed by atoms with Crippen LogP contribution in [-0.2, 0) is 18.4 Å². The van der Waals surface area contributed by atoms with Gasteiger partial charge in [-0.05, 0) is 67.8 Å². The first-order valence-electron chi connectivity index (χ1n) is 11.6. The third kappa shape index (κ3) is 6.54. The first kappa shape index (κ1) is 25.9. The van der Waals surface area contributed by atoms with Crippen LogP contribution < -0.4 is 21.3 Å². The molecule has 0 bridgehead atoms. The van der Waals surface area contributed by atoms with Crippen molar-refractivity contribution in [2.24, 2.45) is 0 Å². The first-order valence-corrected chi connectivity index (χ1v) is 11.6. The number of aromatic nitrogens is 2. The molecule has 0 spiro atoms. The summed E-state index contributed by atoms with van der Waals surface area (Å²) in [5, 5.41) is 20.8. The largest absolute Gasteiger partial charge is 0.405 e. The fourth-order valence-corrected chi connectivity index (χ4v) is 3.85. The number of fused-ring (bicyclic) bond motifs is 1. The summed E-state index contributed by atoms with van der Waals surface area (Å²) >= 11 is 0. The van der Waals surface area contributed by atoms with Crippen molar-refractivity contribution in [3.63, 3.8) is 0 Å². The second-order valence-electron chi connectivity index (χ2n) is 9.23. The summed E-state index contributed by atoms with van der Waals surface area (Å²) in [6.07, 6.45) is -2.51. The predicted octanol–water partition coefficient (Wildman–Crippen LogP) is 4.70. The Bertz CT molecular complexity index is 1350. The van der Waals surface area contributed by atoms with E-state index in [1.807, 2.05) is 23.5 Å². The molecule has 4 rings (SSSR count). The molecule has 1 aliphatic heterocycles. The Labute approximate surface area is 212 Å². The van der Waals surface area contributed by atoms with Gasteiger partial charge in [0.1, 0.15) is 17.9 Å². The molecule has 192 valence electrons. The summed E-state index contributed by atoms with van der Waals surface area (Å²) in [7, 11) is 0. The lowest BCUT2D eigenvalue weighted by atomic mass is 9.86. The van der Waals surface area contributed by atoms with Gasteiger partial charge in [-0.25, -0.2) is 4.98 Å². The number of hydrogen-bond donors (Lipinski definition) is 4. The van der Waals surface area contributed by atoms with Crippen LogP contribution in [0.15, 0.2) is 48.7 Å². The highest BCUT2D eigenvalue weighted by molar-refractivity contribution is 5.99. The fourth-order valence-electron chi connectivity index (χ4n) is 3.85. The van der Waals surface area contributed by atoms with Crippen LogP contribution in [0.2, 0.25) is 0 Å². The first-order chi connectivity index (χ1) is 17.5. The molecule has 0 aliphatic carbocycles. The zero-order valence-electron chi connectivity index (χ0n) is 20.3. The number of carbonyl (C=O) groups excluding carboxylic acids is 1. The minimum atomic E-state index is -4.56. The second kappa shape index (κ2) is 10.4. The van der Waals surface area contributed by atoms with Gasteiger partial charge in [-0.2, -0.15) is 23.4 Å². The molecule has 4 N–H and O–H groups in total. The van der Waals surface area contributed by atoms with E-state index in [-0.39, 0.29) is 17.3 Å². The smallest absolute Gasteiger partial charge is 0.343 e. The van der Waals surface area contributed by atoms with Crippen LogP contribution in [-0.4, -0.2) is 35.1 Å². The standard InChI is InChI=1S/C26H26F3N7O/c1-25(2,14-30)18-4-3-5-19(11-18)34-22-21(23(37)33-15-26(27,28)29)13-32-24(36-22)35-20-7-6-17-12-31-9-8-16(17)10-20/h3-7,10-11,13,31H,8-9,12,15H2,1-2H3,(H,33,37)(H2,32,34,35,36). The Hall–Kier alpha value is -4.17. The molecule has 8 nitrogen and oxygen atoms in total. The molecule has 37 heavy (non-hydrogen) atoms. The van der Waals surface area contributed by atoms with E-state index in [0.717, 1.165) is 30.8 Å². The zero-order chi connectivity index (χ0) is 26.6. The van der Waals surface area contributed by atoms with E-state index in [4.69, 9.17) is 0 Å². The molecule has 11 heteroatoms. The van der Waals surface area contributed by atoms with Gasteiger partial charge in [0.25, 0.3) is 5.91 Å². The lowest BCUT2D eigenvalue weighted by Crippen LogP contribution is -2.34. The van der Waals surface area contributed by atoms with E-state index < -0.39 is 24.0 Å². The quantitative estimate of drug-likeness (QED) is 0.365. The van der Waals surface area contributed by atoms with Gasteiger partial charge in [0.2, 0.25) is 5.95 Å². The molecule has 1 aromatic heterocycles. The molecule has 0 radical (unpaired) electrons. The van der Waals surface area contributed by atoms with Gasteiger partial charge in [0.05, 0.1) is 11.5 Å². The number of alkyl halides is 3. The number of carbonyl (C=O) groups is 1. The molecular formula is C26H26F3N7O. The Morgan fingerprint density at radius 2 is 1.89 bits per heavy atom. The summed E-state index contributed by atoms with van der Waals surface area (Å²) in [5.41, 5.74) is 3.45. The minimum absolute atomic E-state index is 0.0197. The summed E-state index contributed by atoms with van der Waals surface area (Å²) in [6, 6.07) is 15.1. The number of nitrogens with zero attached hydrogens (tertiary/aromatic N) is 3. The van der Waals surface area contributed by atoms with Gasteiger partial charge in [0.15, 0.2) is 0 Å². The van der Waals surface area contributed by atoms with Crippen LogP contribution in [0.25, 0.3) is 0 Å². The van der Waals surface area contributed by atoms with Crippen molar-refractivity contribution >= 4 is 29.0 Å². The lowest BCUT2D eigenvalue weighted by Gasteiger charge is -2.19. The Morgan fingerprint density at radius 3 is 2.65 bits per heavy atom. The molecule has 2 aromatic carbocycles. The molecule has 1 amide bonds. The van der Waals surface area contributed by atoms with E-state index in [1.54, 1.807) is 38.1 Å². The highest BCUT2D eigenvalue weighted by Crippen LogP contribution is 2.28. The average Bonchev–Trinajstić information content (AvgIpc) is 2.87. The van der Waals surface area contributed by atoms with E-state index in [1.165, 1.54) is 17.3 Å². The van der Waals surface area contributed by atoms with Crippen LogP contribution in [0.1, 0.15) is 40.9 Å². The van der Waals surface area contributed by atoms with E-state index in [2.05, 4.69) is 32.0 Å². The number of anilines is 4. The predicted molar refractivity (Wildman–Crippen MR) is 134 cm³/mol. The van der Waals surface area contributed by atoms with Crippen molar-refractivity contribution in [3.8, 4) is 6.07 Å². The summed E-state index contributed by atoms with van der Waals surface area (Å²) in [6.45, 7) is 3.72. The molecule has 0 fully saturated rings. The zero-order valence-corrected chi connectivity index (χ0v) is 20.3. The summed E-state index contributed by atoms with van der Waals surface area (Å²) in [5.74, 6) is -0.787. The highest BCUT2D eigenvalue weighted by Gasteiger charge is 2.29. The van der Waals surface area contributed by atoms with Gasteiger partial charge in [0, 0.05) is 24.1 Å². The van der Waals surface area contributed by atoms with Gasteiger partial charge < -0.3 is 21.3 Å². The third-order valence-corrected chi connectivity index (χ3v) is 5.96. The van der Waals surface area contributed by atoms with E-state index in [0.29, 0.717) is 5.69 Å². The van der Waals surface area contributed by atoms with Gasteiger partial charge in [-0.3, -0.25) is 4.79 Å². The van der Waals surface area contributed by atoms with Crippen molar-refractivity contribution in [2.45, 2.75) is 38.4 Å². The second-order valence-corrected chi connectivity index (χ2v) is 9.23. The van der Waals surface area contributed by atoms with E-state index >= 15 is 0 Å². The van der Waals surface area contributed by atoms with Crippen molar-refractivity contribution < 1.29 is 18.0 Å². The minimum Gasteiger partial charge on any atom is -0.343 e. The van der Waals surface area contributed by atoms with Crippen molar-refractivity contribution in [2.75, 3.05) is 23.7 Å². The number of amides is 1. The molecular weight excluding hydrogens is 483 g/mol. The van der Waals surface area contributed by atoms with Gasteiger partial charge in [-0.1, -0.05) is 18.2 Å². The highest BCUT2D eigenvalue weighted by atomic mass is 19.4. The van der Waals surface area contributed by atoms with Crippen LogP contribution in [0, 0.1) is 11.3 Å². The normalized spacial score (nSPS) is 13.3. The maximum Gasteiger partial charge on any atom is 0.405 e. The molecule has 1 aliphatic rings. The Balaban J connectivity index is 1.65. The SMILES string of the molecule is CC(C)(C#N)c1cccc(Nc2nc(Nc3ccc4c(c3)CCNC4)ncc2C(=O)NCC(F)(F)F)c1. The topological polar surface area (TPSA) is 115 Å². The van der Waals surface area contributed by atoms with Crippen LogP contribution in [0.4, 0.5) is 36.3 Å². The Kier molecular flexibility index (Phi) is 7.31. The van der Waals surface area contributed by atoms with Crippen molar-refractivity contribution in [3.05, 3.63) is 70.9 Å². The number of nitriles is 1. The number of hydrogen-bond acceptors (Lipinski definition) is 7. The molecule has 0 atom stereocenters. The average molecular weight is 510 g/mol. The molecule has 0 unspecified atom stereocenters. The Morgan fingerprint density at radius 1 is 1.11 bits per heavy atom. The molecule has 0 saturated heterocycles. The molecule has 2 heterocycles. The van der Waals surface area contributed by atoms with Crippen molar-refractivity contribution in [1.29, 1.82) is 5.26 Å². The monoisotopic (exact) mass is 509 g/mol. The van der Waals surface area contributed by atoms with E-state index in [9.17, 15) is 23.2 Å². The number of benzene rings is 2. The van der Waals surface area contributed by atoms with Crippen LogP contribution >= 0.6 is 0 Å². The molecule has 0 saturated carbocycles. The summed E-state index contributed by atoms with van der Waals surface area (Å²) in [4.78, 5) is 21.2. The lowest BCUT2D eigenvalue weighted by molar-refractivity contribution is -0.123. The number of rotatable bonds is 7. The molecule has 3 aromatic rings. The van der Waals surface area contributed by atoms with Gasteiger partial charge >= 0.3 is 6.18 Å². The number of nitrogens with one attached hydrogen (secondary N) is 4. The maximum atomic E-state index is 12.7. The maximum absolute atomic E-state index is 12.7. The van der Waals surface area contributed by atoms with Crippen LogP contribution in [0.3, 0.4) is 0 Å². The summed E-state index contributed by atoms with van der Waals surface area (Å²) < 4.78 is 38.1. The van der Waals surface area contributed by atoms with Crippen molar-refractivity contribution in [1.82, 2.24) is 20.6 Å².